The number of nitrogens with one attached hydrogen (secondary N) is 1. The van der Waals surface area contributed by atoms with Crippen LogP contribution >= 0.6 is 0 Å². The number of carbonyl (C=O) groups is 2. The summed E-state index contributed by atoms with van der Waals surface area (Å²) in [7, 11) is 0. The molecule has 2 aromatic heterocycles. The molecule has 0 atom stereocenters. The maximum Gasteiger partial charge on any atom is 0.281 e. The largest absolute Gasteiger partial charge is 0.494 e. The highest BCUT2D eigenvalue weighted by Crippen LogP contribution is 2.24. The van der Waals surface area contributed by atoms with Crippen LogP contribution in [0.2, 0.25) is 0 Å². The molecule has 0 saturated carbocycles. The van der Waals surface area contributed by atoms with E-state index in [9.17, 15) is 9.59 Å². The third-order valence-corrected chi connectivity index (χ3v) is 4.96. The normalized spacial score (nSPS) is 13.5. The Morgan fingerprint density at radius 3 is 2.67 bits per heavy atom. The Morgan fingerprint density at radius 2 is 2.00 bits per heavy atom. The van der Waals surface area contributed by atoms with Crippen LogP contribution in [0.15, 0.2) is 75.3 Å². The van der Waals surface area contributed by atoms with Crippen molar-refractivity contribution >= 4 is 29.3 Å². The number of carbonyl (C=O) groups excluding carboxylic acids is 2. The molecular formula is C24H23N5O4. The summed E-state index contributed by atoms with van der Waals surface area (Å²) in [6.45, 7) is 8.06. The van der Waals surface area contributed by atoms with Crippen molar-refractivity contribution in [3.63, 3.8) is 0 Å². The fourth-order valence-electron chi connectivity index (χ4n) is 3.04. The lowest BCUT2D eigenvalue weighted by atomic mass is 10.2. The number of amides is 2. The number of aliphatic imine (C=N–C) groups is 2. The number of benzene rings is 1. The first-order valence-corrected chi connectivity index (χ1v) is 10.5. The highest BCUT2D eigenvalue weighted by molar-refractivity contribution is 6.28. The van der Waals surface area contributed by atoms with Crippen LogP contribution < -0.4 is 10.1 Å². The zero-order chi connectivity index (χ0) is 23.4. The Kier molecular flexibility index (Phi) is 6.30. The van der Waals surface area contributed by atoms with Gasteiger partial charge >= 0.3 is 0 Å². The molecule has 9 heteroatoms. The van der Waals surface area contributed by atoms with E-state index >= 15 is 0 Å². The standard InChI is InChI=1S/C24H23N5O4/c1-4-5-12-32-18-10-8-17(9-11-18)23(31)26-21-14-19(20-7-6-13-33-20)28-29(21)24-25-16(3)15(2)22(30)27-24/h6-11,13-14H,2,4-5,12H2,1,3H3,(H,26,31). The molecule has 0 saturated heterocycles. The Bertz CT molecular complexity index is 1250. The maximum atomic E-state index is 12.9. The Hall–Kier alpha value is -4.27. The van der Waals surface area contributed by atoms with Crippen molar-refractivity contribution in [1.29, 1.82) is 0 Å². The zero-order valence-corrected chi connectivity index (χ0v) is 18.4. The SMILES string of the molecule is C=C1C(=O)N=C(n2nc(-c3ccco3)cc2NC(=O)c2ccc(OCCCC)cc2)N=C1C. The number of furan rings is 1. The third kappa shape index (κ3) is 4.82. The van der Waals surface area contributed by atoms with Gasteiger partial charge in [-0.15, -0.1) is 0 Å². The molecule has 0 radical (unpaired) electrons. The maximum absolute atomic E-state index is 12.9. The van der Waals surface area contributed by atoms with Gasteiger partial charge in [0.05, 0.1) is 24.2 Å². The minimum atomic E-state index is -0.511. The molecule has 3 aromatic rings. The molecule has 1 aromatic carbocycles. The topological polar surface area (TPSA) is 111 Å². The van der Waals surface area contributed by atoms with Crippen LogP contribution in [0.4, 0.5) is 5.82 Å². The minimum absolute atomic E-state index is 0.0256. The van der Waals surface area contributed by atoms with Gasteiger partial charge in [0.25, 0.3) is 17.8 Å². The molecule has 3 heterocycles. The van der Waals surface area contributed by atoms with Gasteiger partial charge in [0.1, 0.15) is 17.3 Å². The lowest BCUT2D eigenvalue weighted by Crippen LogP contribution is -2.25. The van der Waals surface area contributed by atoms with Crippen molar-refractivity contribution in [3.8, 4) is 17.2 Å². The zero-order valence-electron chi connectivity index (χ0n) is 18.4. The van der Waals surface area contributed by atoms with Gasteiger partial charge in [-0.3, -0.25) is 9.59 Å². The van der Waals surface area contributed by atoms with Crippen molar-refractivity contribution < 1.29 is 18.7 Å². The molecule has 1 aliphatic heterocycles. The summed E-state index contributed by atoms with van der Waals surface area (Å²) >= 11 is 0. The molecule has 1 aliphatic rings. The van der Waals surface area contributed by atoms with Crippen LogP contribution in [0, 0.1) is 0 Å². The number of ether oxygens (including phenoxy) is 1. The van der Waals surface area contributed by atoms with Gasteiger partial charge in [-0.1, -0.05) is 19.9 Å². The average molecular weight is 445 g/mol. The van der Waals surface area contributed by atoms with E-state index in [0.29, 0.717) is 35.1 Å². The fourth-order valence-corrected chi connectivity index (χ4v) is 3.04. The summed E-state index contributed by atoms with van der Waals surface area (Å²) in [6, 6.07) is 11.9. The van der Waals surface area contributed by atoms with Gasteiger partial charge in [0.2, 0.25) is 0 Å². The minimum Gasteiger partial charge on any atom is -0.494 e. The van der Waals surface area contributed by atoms with E-state index in [0.717, 1.165) is 12.8 Å². The predicted octanol–water partition coefficient (Wildman–Crippen LogP) is 4.34. The van der Waals surface area contributed by atoms with E-state index in [1.165, 1.54) is 10.9 Å². The summed E-state index contributed by atoms with van der Waals surface area (Å²) in [5, 5.41) is 7.26. The molecule has 0 bridgehead atoms. The molecule has 0 fully saturated rings. The molecule has 0 spiro atoms. The van der Waals surface area contributed by atoms with Crippen molar-refractivity contribution in [1.82, 2.24) is 9.78 Å². The summed E-state index contributed by atoms with van der Waals surface area (Å²) < 4.78 is 12.4. The second-order valence-corrected chi connectivity index (χ2v) is 7.38. The first kappa shape index (κ1) is 21.9. The van der Waals surface area contributed by atoms with Crippen LogP contribution in [0.25, 0.3) is 11.5 Å². The van der Waals surface area contributed by atoms with Crippen molar-refractivity contribution in [2.45, 2.75) is 26.7 Å². The van der Waals surface area contributed by atoms with Gasteiger partial charge in [-0.2, -0.15) is 14.8 Å². The second kappa shape index (κ2) is 9.47. The fraction of sp³-hybridized carbons (Fsp3) is 0.208. The highest BCUT2D eigenvalue weighted by Gasteiger charge is 2.23. The molecule has 1 N–H and O–H groups in total. The molecule has 0 unspecified atom stereocenters. The number of unbranched alkanes of at least 4 members (excludes halogenated alkanes) is 1. The number of hydrogen-bond acceptors (Lipinski definition) is 6. The van der Waals surface area contributed by atoms with E-state index < -0.39 is 5.91 Å². The molecule has 33 heavy (non-hydrogen) atoms. The van der Waals surface area contributed by atoms with Crippen molar-refractivity contribution in [3.05, 3.63) is 66.4 Å². The van der Waals surface area contributed by atoms with E-state index in [1.54, 1.807) is 49.4 Å². The van der Waals surface area contributed by atoms with Crippen molar-refractivity contribution in [2.24, 2.45) is 9.98 Å². The van der Waals surface area contributed by atoms with Gasteiger partial charge in [0, 0.05) is 11.6 Å². The number of hydrogen-bond donors (Lipinski definition) is 1. The second-order valence-electron chi connectivity index (χ2n) is 7.38. The van der Waals surface area contributed by atoms with Crippen LogP contribution in [-0.2, 0) is 4.79 Å². The summed E-state index contributed by atoms with van der Waals surface area (Å²) in [5.41, 5.74) is 1.52. The molecule has 0 aliphatic carbocycles. The van der Waals surface area contributed by atoms with Gasteiger partial charge in [0.15, 0.2) is 5.76 Å². The van der Waals surface area contributed by atoms with Crippen molar-refractivity contribution in [2.75, 3.05) is 11.9 Å². The van der Waals surface area contributed by atoms with Gasteiger partial charge < -0.3 is 14.5 Å². The third-order valence-electron chi connectivity index (χ3n) is 4.96. The molecular weight excluding hydrogens is 422 g/mol. The predicted molar refractivity (Wildman–Crippen MR) is 125 cm³/mol. The van der Waals surface area contributed by atoms with Crippen LogP contribution in [-0.4, -0.2) is 39.9 Å². The number of anilines is 1. The van der Waals surface area contributed by atoms with Gasteiger partial charge in [-0.25, -0.2) is 4.99 Å². The Balaban J connectivity index is 1.61. The lowest BCUT2D eigenvalue weighted by Gasteiger charge is -2.13. The summed E-state index contributed by atoms with van der Waals surface area (Å²) in [5.74, 6) is 0.623. The molecule has 4 rings (SSSR count). The van der Waals surface area contributed by atoms with Crippen LogP contribution in [0.1, 0.15) is 37.0 Å². The number of nitrogens with zero attached hydrogens (tertiary/aromatic N) is 4. The van der Waals surface area contributed by atoms with Crippen LogP contribution in [0.5, 0.6) is 5.75 Å². The smallest absolute Gasteiger partial charge is 0.281 e. The lowest BCUT2D eigenvalue weighted by molar-refractivity contribution is -0.113. The monoisotopic (exact) mass is 445 g/mol. The molecule has 2 amide bonds. The molecule has 9 nitrogen and oxygen atoms in total. The Morgan fingerprint density at radius 1 is 1.21 bits per heavy atom. The summed E-state index contributed by atoms with van der Waals surface area (Å²) in [4.78, 5) is 33.4. The number of aromatic nitrogens is 2. The van der Waals surface area contributed by atoms with E-state index in [4.69, 9.17) is 9.15 Å². The molecule has 168 valence electrons. The summed E-state index contributed by atoms with van der Waals surface area (Å²) in [6.07, 6.45) is 3.53. The van der Waals surface area contributed by atoms with E-state index in [1.807, 2.05) is 0 Å². The first-order chi connectivity index (χ1) is 16.0. The quantitative estimate of drug-likeness (QED) is 0.430. The van der Waals surface area contributed by atoms with E-state index in [2.05, 4.69) is 33.9 Å². The first-order valence-electron chi connectivity index (χ1n) is 10.5. The van der Waals surface area contributed by atoms with Gasteiger partial charge in [-0.05, 0) is 49.7 Å². The number of rotatable bonds is 7. The highest BCUT2D eigenvalue weighted by atomic mass is 16.5. The van der Waals surface area contributed by atoms with Crippen LogP contribution in [0.3, 0.4) is 0 Å². The van der Waals surface area contributed by atoms with E-state index in [-0.39, 0.29) is 23.3 Å². The average Bonchev–Trinajstić information content (AvgIpc) is 3.48. The Labute approximate surface area is 190 Å².